The van der Waals surface area contributed by atoms with Crippen molar-refractivity contribution < 1.29 is 4.74 Å². The first-order valence-electron chi connectivity index (χ1n) is 9.30. The topological polar surface area (TPSA) is 25.4 Å². The van der Waals surface area contributed by atoms with Crippen LogP contribution in [0.3, 0.4) is 0 Å². The average Bonchev–Trinajstić information content (AvgIpc) is 2.65. The Bertz CT molecular complexity index is 919. The number of methoxy groups -OCH3 is 1. The fourth-order valence-electron chi connectivity index (χ4n) is 4.28. The van der Waals surface area contributed by atoms with Crippen LogP contribution in [0.4, 0.5) is 0 Å². The number of para-hydroxylation sites is 1. The summed E-state index contributed by atoms with van der Waals surface area (Å²) in [5, 5.41) is 1.25. The summed E-state index contributed by atoms with van der Waals surface area (Å²) in [5.74, 6) is 1.98. The molecule has 0 saturated heterocycles. The van der Waals surface area contributed by atoms with Crippen molar-refractivity contribution in [3.63, 3.8) is 0 Å². The maximum absolute atomic E-state index is 5.46. The van der Waals surface area contributed by atoms with E-state index in [-0.39, 0.29) is 0 Å². The zero-order valence-corrected chi connectivity index (χ0v) is 15.8. The summed E-state index contributed by atoms with van der Waals surface area (Å²) in [6.07, 6.45) is 2.07. The fraction of sp³-hybridized carbons (Fsp3) is 0.348. The molecule has 1 aromatic heterocycles. The molecule has 0 N–H and O–H groups in total. The summed E-state index contributed by atoms with van der Waals surface area (Å²) in [5.41, 5.74) is 5.12. The van der Waals surface area contributed by atoms with Crippen molar-refractivity contribution in [2.75, 3.05) is 27.7 Å². The van der Waals surface area contributed by atoms with E-state index in [9.17, 15) is 0 Å². The first-order chi connectivity index (χ1) is 12.6. The van der Waals surface area contributed by atoms with Gasteiger partial charge in [0.25, 0.3) is 0 Å². The normalized spacial score (nSPS) is 19.5. The van der Waals surface area contributed by atoms with Gasteiger partial charge in [-0.3, -0.25) is 4.98 Å². The van der Waals surface area contributed by atoms with Gasteiger partial charge in [0, 0.05) is 17.6 Å². The Morgan fingerprint density at radius 3 is 2.69 bits per heavy atom. The van der Waals surface area contributed by atoms with E-state index in [4.69, 9.17) is 9.72 Å². The Labute approximate surface area is 155 Å². The molecule has 0 aliphatic heterocycles. The van der Waals surface area contributed by atoms with Crippen LogP contribution in [0, 0.1) is 5.92 Å². The fourth-order valence-corrected chi connectivity index (χ4v) is 4.28. The second kappa shape index (κ2) is 7.08. The molecule has 1 aliphatic rings. The minimum absolute atomic E-state index is 0.466. The molecule has 4 rings (SSSR count). The van der Waals surface area contributed by atoms with Gasteiger partial charge >= 0.3 is 0 Å². The molecule has 0 amide bonds. The van der Waals surface area contributed by atoms with E-state index < -0.39 is 0 Å². The van der Waals surface area contributed by atoms with Gasteiger partial charge in [-0.1, -0.05) is 30.3 Å². The Hall–Kier alpha value is -2.39. The van der Waals surface area contributed by atoms with Crippen LogP contribution in [0.1, 0.15) is 22.7 Å². The summed E-state index contributed by atoms with van der Waals surface area (Å²) in [4.78, 5) is 7.31. The number of pyridine rings is 1. The Morgan fingerprint density at radius 2 is 1.88 bits per heavy atom. The highest BCUT2D eigenvalue weighted by Gasteiger charge is 2.31. The van der Waals surface area contributed by atoms with Crippen molar-refractivity contribution in [2.24, 2.45) is 5.92 Å². The predicted octanol–water partition coefficient (Wildman–Crippen LogP) is 4.30. The molecular weight excluding hydrogens is 320 g/mol. The quantitative estimate of drug-likeness (QED) is 0.704. The van der Waals surface area contributed by atoms with Gasteiger partial charge in [0.1, 0.15) is 5.75 Å². The summed E-state index contributed by atoms with van der Waals surface area (Å²) in [7, 11) is 6.06. The summed E-state index contributed by atoms with van der Waals surface area (Å²) in [6.45, 7) is 1.08. The molecule has 0 unspecified atom stereocenters. The molecule has 0 fully saturated rings. The van der Waals surface area contributed by atoms with E-state index >= 15 is 0 Å². The van der Waals surface area contributed by atoms with Crippen LogP contribution >= 0.6 is 0 Å². The molecule has 1 aliphatic carbocycles. The molecule has 0 saturated carbocycles. The maximum atomic E-state index is 5.46. The third-order valence-electron chi connectivity index (χ3n) is 5.48. The lowest BCUT2D eigenvalue weighted by Crippen LogP contribution is -2.33. The molecule has 0 bridgehead atoms. The zero-order valence-electron chi connectivity index (χ0n) is 15.8. The molecule has 0 radical (unpaired) electrons. The molecule has 2 atom stereocenters. The highest BCUT2D eigenvalue weighted by Crippen LogP contribution is 2.38. The van der Waals surface area contributed by atoms with Gasteiger partial charge in [0.2, 0.25) is 0 Å². The van der Waals surface area contributed by atoms with Crippen molar-refractivity contribution in [3.8, 4) is 5.75 Å². The third kappa shape index (κ3) is 3.32. The van der Waals surface area contributed by atoms with E-state index in [2.05, 4.69) is 67.5 Å². The Balaban J connectivity index is 1.76. The lowest BCUT2D eigenvalue weighted by molar-refractivity contribution is 0.274. The third-order valence-corrected chi connectivity index (χ3v) is 5.48. The minimum atomic E-state index is 0.466. The Morgan fingerprint density at radius 1 is 1.04 bits per heavy atom. The lowest BCUT2D eigenvalue weighted by Gasteiger charge is -2.35. The van der Waals surface area contributed by atoms with Gasteiger partial charge in [0.05, 0.1) is 12.6 Å². The molecular formula is C23H26N2O. The largest absolute Gasteiger partial charge is 0.497 e. The standard InChI is InChI=1S/C23H26N2O/c1-25(2)15-19-12-18-11-17-7-4-5-10-22(17)24-23(18)14-21(19)16-8-6-9-20(13-16)26-3/h4-11,13,19,21H,12,14-15H2,1-3H3/t19-,21-/m1/s1. The number of hydrogen-bond acceptors (Lipinski definition) is 3. The van der Waals surface area contributed by atoms with Gasteiger partial charge in [-0.15, -0.1) is 0 Å². The second-order valence-corrected chi connectivity index (χ2v) is 7.60. The number of fused-ring (bicyclic) bond motifs is 2. The van der Waals surface area contributed by atoms with Crippen molar-refractivity contribution in [2.45, 2.75) is 18.8 Å². The van der Waals surface area contributed by atoms with E-state index in [0.29, 0.717) is 11.8 Å². The molecule has 3 nitrogen and oxygen atoms in total. The van der Waals surface area contributed by atoms with Crippen LogP contribution in [0.25, 0.3) is 10.9 Å². The molecule has 1 heterocycles. The van der Waals surface area contributed by atoms with Crippen molar-refractivity contribution in [3.05, 3.63) is 71.4 Å². The minimum Gasteiger partial charge on any atom is -0.497 e. The molecule has 2 aromatic carbocycles. The van der Waals surface area contributed by atoms with Crippen LogP contribution in [-0.4, -0.2) is 37.6 Å². The van der Waals surface area contributed by atoms with E-state index in [1.165, 1.54) is 22.2 Å². The second-order valence-electron chi connectivity index (χ2n) is 7.60. The Kier molecular flexibility index (Phi) is 4.64. The van der Waals surface area contributed by atoms with Gasteiger partial charge in [-0.2, -0.15) is 0 Å². The van der Waals surface area contributed by atoms with Crippen LogP contribution < -0.4 is 4.74 Å². The monoisotopic (exact) mass is 346 g/mol. The predicted molar refractivity (Wildman–Crippen MR) is 107 cm³/mol. The van der Waals surface area contributed by atoms with Gasteiger partial charge in [-0.05, 0) is 74.2 Å². The first kappa shape index (κ1) is 17.0. The molecule has 26 heavy (non-hydrogen) atoms. The highest BCUT2D eigenvalue weighted by molar-refractivity contribution is 5.79. The zero-order chi connectivity index (χ0) is 18.1. The summed E-state index contributed by atoms with van der Waals surface area (Å²) in [6, 6.07) is 19.3. The molecule has 3 aromatic rings. The van der Waals surface area contributed by atoms with Gasteiger partial charge < -0.3 is 9.64 Å². The lowest BCUT2D eigenvalue weighted by atomic mass is 9.74. The van der Waals surface area contributed by atoms with E-state index in [1.54, 1.807) is 7.11 Å². The average molecular weight is 346 g/mol. The number of aromatic nitrogens is 1. The van der Waals surface area contributed by atoms with Crippen LogP contribution in [0.15, 0.2) is 54.6 Å². The van der Waals surface area contributed by atoms with Crippen molar-refractivity contribution >= 4 is 10.9 Å². The number of benzene rings is 2. The smallest absolute Gasteiger partial charge is 0.119 e. The van der Waals surface area contributed by atoms with Crippen LogP contribution in [-0.2, 0) is 12.8 Å². The summed E-state index contributed by atoms with van der Waals surface area (Å²) >= 11 is 0. The summed E-state index contributed by atoms with van der Waals surface area (Å²) < 4.78 is 5.46. The number of ether oxygens (including phenoxy) is 1. The van der Waals surface area contributed by atoms with Gasteiger partial charge in [0.15, 0.2) is 0 Å². The number of nitrogens with zero attached hydrogens (tertiary/aromatic N) is 2. The number of hydrogen-bond donors (Lipinski definition) is 0. The van der Waals surface area contributed by atoms with Crippen LogP contribution in [0.5, 0.6) is 5.75 Å². The number of rotatable bonds is 4. The van der Waals surface area contributed by atoms with Crippen LogP contribution in [0.2, 0.25) is 0 Å². The molecule has 134 valence electrons. The first-order valence-corrected chi connectivity index (χ1v) is 9.30. The van der Waals surface area contributed by atoms with E-state index in [1.807, 2.05) is 6.07 Å². The molecule has 3 heteroatoms. The van der Waals surface area contributed by atoms with Crippen molar-refractivity contribution in [1.29, 1.82) is 0 Å². The highest BCUT2D eigenvalue weighted by atomic mass is 16.5. The van der Waals surface area contributed by atoms with Crippen molar-refractivity contribution in [1.82, 2.24) is 9.88 Å². The van der Waals surface area contributed by atoms with Gasteiger partial charge in [-0.25, -0.2) is 0 Å². The maximum Gasteiger partial charge on any atom is 0.119 e. The van der Waals surface area contributed by atoms with E-state index in [0.717, 1.165) is 30.7 Å². The molecule has 0 spiro atoms. The SMILES string of the molecule is COc1cccc([C@H]2Cc3nc4ccccc4cc3C[C@@H]2CN(C)C)c1.